The van der Waals surface area contributed by atoms with Gasteiger partial charge in [-0.2, -0.15) is 0 Å². The van der Waals surface area contributed by atoms with E-state index in [1.165, 1.54) is 0 Å². The molecule has 0 radical (unpaired) electrons. The lowest BCUT2D eigenvalue weighted by atomic mass is 9.96. The van der Waals surface area contributed by atoms with Crippen molar-refractivity contribution in [2.45, 2.75) is 50.1 Å². The van der Waals surface area contributed by atoms with Crippen molar-refractivity contribution in [1.29, 1.82) is 0 Å². The molecule has 2 unspecified atom stereocenters. The maximum absolute atomic E-state index is 6.65. The summed E-state index contributed by atoms with van der Waals surface area (Å²) < 4.78 is 31.0. The van der Waals surface area contributed by atoms with Gasteiger partial charge in [0.15, 0.2) is 12.6 Å². The summed E-state index contributed by atoms with van der Waals surface area (Å²) in [5, 5.41) is 0. The molecule has 172 valence electrons. The molecule has 0 spiro atoms. The first-order valence-corrected chi connectivity index (χ1v) is 11.3. The van der Waals surface area contributed by atoms with Gasteiger partial charge in [0.05, 0.1) is 25.9 Å². The third-order valence-corrected chi connectivity index (χ3v) is 6.00. The SMILES string of the molecule is N[C@H]1C(OCc2ccccc2)O[C@@H]2COC(c3ccccc3)O[C@H]2[C@@H]1OCc1ccccc1. The standard InChI is InChI=1S/C27H29NO5/c28-23-25(29-16-19-10-4-1-5-11-19)24-22(18-31-26(33-24)21-14-8-3-9-15-21)32-27(23)30-17-20-12-6-2-7-13-20/h1-15,22-27H,16-18,28H2/t22-,23-,24-,25-,26?,27?/m1/s1. The van der Waals surface area contributed by atoms with Crippen LogP contribution >= 0.6 is 0 Å². The molecular formula is C27H29NO5. The van der Waals surface area contributed by atoms with Gasteiger partial charge in [-0.05, 0) is 11.1 Å². The van der Waals surface area contributed by atoms with Crippen LogP contribution in [0.4, 0.5) is 0 Å². The molecule has 6 atom stereocenters. The summed E-state index contributed by atoms with van der Waals surface area (Å²) in [6, 6.07) is 29.3. The minimum Gasteiger partial charge on any atom is -0.369 e. The molecule has 2 fully saturated rings. The van der Waals surface area contributed by atoms with Gasteiger partial charge in [0.2, 0.25) is 0 Å². The van der Waals surface area contributed by atoms with Crippen LogP contribution in [-0.2, 0) is 36.9 Å². The monoisotopic (exact) mass is 447 g/mol. The average molecular weight is 448 g/mol. The molecular weight excluding hydrogens is 418 g/mol. The Hall–Kier alpha value is -2.58. The molecule has 2 aliphatic heterocycles. The Morgan fingerprint density at radius 3 is 1.94 bits per heavy atom. The summed E-state index contributed by atoms with van der Waals surface area (Å²) in [4.78, 5) is 0. The lowest BCUT2D eigenvalue weighted by Gasteiger charge is -2.48. The maximum Gasteiger partial charge on any atom is 0.184 e. The minimum atomic E-state index is -0.632. The molecule has 3 aromatic carbocycles. The highest BCUT2D eigenvalue weighted by Gasteiger charge is 2.49. The van der Waals surface area contributed by atoms with Gasteiger partial charge in [0.25, 0.3) is 0 Å². The molecule has 0 saturated carbocycles. The average Bonchev–Trinajstić information content (AvgIpc) is 2.88. The van der Waals surface area contributed by atoms with Gasteiger partial charge in [0.1, 0.15) is 18.3 Å². The zero-order valence-electron chi connectivity index (χ0n) is 18.4. The van der Waals surface area contributed by atoms with E-state index in [1.54, 1.807) is 0 Å². The van der Waals surface area contributed by atoms with Gasteiger partial charge in [0, 0.05) is 5.56 Å². The van der Waals surface area contributed by atoms with Crippen molar-refractivity contribution < 1.29 is 23.7 Å². The Morgan fingerprint density at radius 2 is 1.30 bits per heavy atom. The van der Waals surface area contributed by atoms with Crippen molar-refractivity contribution in [3.05, 3.63) is 108 Å². The van der Waals surface area contributed by atoms with E-state index < -0.39 is 24.7 Å². The van der Waals surface area contributed by atoms with Crippen LogP contribution in [0.25, 0.3) is 0 Å². The van der Waals surface area contributed by atoms with Crippen LogP contribution < -0.4 is 5.73 Å². The molecule has 2 N–H and O–H groups in total. The van der Waals surface area contributed by atoms with Crippen LogP contribution in [0, 0.1) is 0 Å². The van der Waals surface area contributed by atoms with Crippen molar-refractivity contribution in [3.8, 4) is 0 Å². The number of nitrogens with two attached hydrogens (primary N) is 1. The quantitative estimate of drug-likeness (QED) is 0.591. The van der Waals surface area contributed by atoms with Gasteiger partial charge < -0.3 is 29.4 Å². The lowest BCUT2D eigenvalue weighted by Crippen LogP contribution is -2.65. The Balaban J connectivity index is 1.32. The third-order valence-electron chi connectivity index (χ3n) is 6.00. The molecule has 0 aliphatic carbocycles. The normalized spacial score (nSPS) is 29.4. The molecule has 2 heterocycles. The fourth-order valence-electron chi connectivity index (χ4n) is 4.25. The van der Waals surface area contributed by atoms with Crippen LogP contribution in [0.2, 0.25) is 0 Å². The number of hydrogen-bond donors (Lipinski definition) is 1. The van der Waals surface area contributed by atoms with Crippen LogP contribution in [0.15, 0.2) is 91.0 Å². The maximum atomic E-state index is 6.65. The van der Waals surface area contributed by atoms with Gasteiger partial charge in [-0.3, -0.25) is 0 Å². The highest BCUT2D eigenvalue weighted by Crippen LogP contribution is 2.35. The molecule has 0 amide bonds. The Labute approximate surface area is 194 Å². The van der Waals surface area contributed by atoms with Crippen molar-refractivity contribution in [3.63, 3.8) is 0 Å². The van der Waals surface area contributed by atoms with E-state index in [-0.39, 0.29) is 12.2 Å². The van der Waals surface area contributed by atoms with E-state index in [9.17, 15) is 0 Å². The summed E-state index contributed by atoms with van der Waals surface area (Å²) in [5.41, 5.74) is 9.72. The molecule has 0 bridgehead atoms. The molecule has 6 heteroatoms. The first-order valence-electron chi connectivity index (χ1n) is 11.3. The van der Waals surface area contributed by atoms with E-state index in [4.69, 9.17) is 29.4 Å². The first-order chi connectivity index (χ1) is 16.3. The second kappa shape index (κ2) is 10.6. The van der Waals surface area contributed by atoms with Gasteiger partial charge in [-0.15, -0.1) is 0 Å². The fraction of sp³-hybridized carbons (Fsp3) is 0.333. The minimum absolute atomic E-state index is 0.341. The number of rotatable bonds is 7. The van der Waals surface area contributed by atoms with Gasteiger partial charge in [-0.1, -0.05) is 91.0 Å². The van der Waals surface area contributed by atoms with Crippen LogP contribution in [-0.4, -0.2) is 37.3 Å². The number of ether oxygens (including phenoxy) is 5. The first kappa shape index (κ1) is 22.2. The fourth-order valence-corrected chi connectivity index (χ4v) is 4.25. The Morgan fingerprint density at radius 1 is 0.727 bits per heavy atom. The summed E-state index contributed by atoms with van der Waals surface area (Å²) in [6.45, 7) is 1.19. The zero-order valence-corrected chi connectivity index (χ0v) is 18.4. The highest BCUT2D eigenvalue weighted by molar-refractivity contribution is 5.17. The lowest BCUT2D eigenvalue weighted by molar-refractivity contribution is -0.348. The summed E-state index contributed by atoms with van der Waals surface area (Å²) >= 11 is 0. The van der Waals surface area contributed by atoms with E-state index >= 15 is 0 Å². The molecule has 2 saturated heterocycles. The summed E-state index contributed by atoms with van der Waals surface area (Å²) in [5.74, 6) is 0. The van der Waals surface area contributed by atoms with E-state index in [2.05, 4.69) is 0 Å². The van der Waals surface area contributed by atoms with Crippen LogP contribution in [0.5, 0.6) is 0 Å². The van der Waals surface area contributed by atoms with E-state index in [1.807, 2.05) is 91.0 Å². The third kappa shape index (κ3) is 5.33. The van der Waals surface area contributed by atoms with Gasteiger partial charge in [-0.25, -0.2) is 0 Å². The van der Waals surface area contributed by atoms with Crippen molar-refractivity contribution in [2.75, 3.05) is 6.61 Å². The smallest absolute Gasteiger partial charge is 0.184 e. The summed E-state index contributed by atoms with van der Waals surface area (Å²) in [6.07, 6.45) is -2.26. The van der Waals surface area contributed by atoms with Crippen LogP contribution in [0.1, 0.15) is 23.0 Å². The summed E-state index contributed by atoms with van der Waals surface area (Å²) in [7, 11) is 0. The number of benzene rings is 3. The van der Waals surface area contributed by atoms with E-state index in [0.717, 1.165) is 16.7 Å². The molecule has 6 nitrogen and oxygen atoms in total. The largest absolute Gasteiger partial charge is 0.369 e. The molecule has 2 aliphatic rings. The second-order valence-electron chi connectivity index (χ2n) is 8.35. The molecule has 0 aromatic heterocycles. The van der Waals surface area contributed by atoms with Crippen molar-refractivity contribution in [1.82, 2.24) is 0 Å². The second-order valence-corrected chi connectivity index (χ2v) is 8.35. The molecule has 5 rings (SSSR count). The Kier molecular flexibility index (Phi) is 7.12. The van der Waals surface area contributed by atoms with Gasteiger partial charge >= 0.3 is 0 Å². The molecule has 33 heavy (non-hydrogen) atoms. The Bertz CT molecular complexity index is 987. The topological polar surface area (TPSA) is 72.2 Å². The predicted molar refractivity (Wildman–Crippen MR) is 123 cm³/mol. The zero-order chi connectivity index (χ0) is 22.5. The number of fused-ring (bicyclic) bond motifs is 1. The van der Waals surface area contributed by atoms with Crippen molar-refractivity contribution in [2.24, 2.45) is 5.73 Å². The highest BCUT2D eigenvalue weighted by atomic mass is 16.7. The number of hydrogen-bond acceptors (Lipinski definition) is 6. The van der Waals surface area contributed by atoms with Crippen molar-refractivity contribution >= 4 is 0 Å². The van der Waals surface area contributed by atoms with E-state index in [0.29, 0.717) is 19.8 Å². The predicted octanol–water partition coefficient (Wildman–Crippen LogP) is 3.96. The molecule has 3 aromatic rings. The van der Waals surface area contributed by atoms with Crippen LogP contribution in [0.3, 0.4) is 0 Å².